The normalized spacial score (nSPS) is 12.0. The number of carbonyl (C=O) groups excluding carboxylic acids is 1. The summed E-state index contributed by atoms with van der Waals surface area (Å²) in [5.41, 5.74) is 1.22. The van der Waals surface area contributed by atoms with Gasteiger partial charge in [-0.25, -0.2) is 8.42 Å². The second kappa shape index (κ2) is 6.47. The highest BCUT2D eigenvalue weighted by atomic mass is 32.2. The SMILES string of the molecule is CCc1ccc(N(CC(=O)NC(C)(C)C)S(C)(=O)=O)cc1. The minimum atomic E-state index is -3.52. The van der Waals surface area contributed by atoms with Gasteiger partial charge in [-0.15, -0.1) is 0 Å². The number of nitrogens with zero attached hydrogens (tertiary/aromatic N) is 1. The van der Waals surface area contributed by atoms with Crippen LogP contribution in [0.15, 0.2) is 24.3 Å². The fourth-order valence-electron chi connectivity index (χ4n) is 1.89. The van der Waals surface area contributed by atoms with Crippen LogP contribution in [-0.4, -0.2) is 32.7 Å². The van der Waals surface area contributed by atoms with Gasteiger partial charge in [-0.2, -0.15) is 0 Å². The molecule has 1 N–H and O–H groups in total. The lowest BCUT2D eigenvalue weighted by Crippen LogP contribution is -2.47. The Morgan fingerprint density at radius 1 is 1.19 bits per heavy atom. The van der Waals surface area contributed by atoms with Crippen molar-refractivity contribution >= 4 is 21.6 Å². The van der Waals surface area contributed by atoms with Crippen LogP contribution in [0.2, 0.25) is 0 Å². The lowest BCUT2D eigenvalue weighted by molar-refractivity contribution is -0.121. The number of hydrogen-bond acceptors (Lipinski definition) is 3. The number of sulfonamides is 1. The summed E-state index contributed by atoms with van der Waals surface area (Å²) in [5.74, 6) is -0.326. The molecule has 1 aromatic carbocycles. The molecule has 1 amide bonds. The maximum atomic E-state index is 12.0. The average Bonchev–Trinajstić information content (AvgIpc) is 2.33. The molecule has 21 heavy (non-hydrogen) atoms. The molecule has 0 saturated carbocycles. The lowest BCUT2D eigenvalue weighted by atomic mass is 10.1. The Balaban J connectivity index is 2.99. The third-order valence-electron chi connectivity index (χ3n) is 2.83. The summed E-state index contributed by atoms with van der Waals surface area (Å²) in [6.45, 7) is 7.37. The number of nitrogens with one attached hydrogen (secondary N) is 1. The van der Waals surface area contributed by atoms with E-state index in [0.717, 1.165) is 22.5 Å². The molecule has 0 aliphatic carbocycles. The van der Waals surface area contributed by atoms with E-state index in [9.17, 15) is 13.2 Å². The lowest BCUT2D eigenvalue weighted by Gasteiger charge is -2.25. The molecule has 1 aromatic rings. The van der Waals surface area contributed by atoms with Crippen LogP contribution in [-0.2, 0) is 21.2 Å². The molecule has 0 aliphatic heterocycles. The maximum Gasteiger partial charge on any atom is 0.241 e. The number of hydrogen-bond donors (Lipinski definition) is 1. The van der Waals surface area contributed by atoms with Crippen LogP contribution in [0.3, 0.4) is 0 Å². The Bertz CT molecular complexity index is 586. The molecule has 0 fully saturated rings. The maximum absolute atomic E-state index is 12.0. The highest BCUT2D eigenvalue weighted by Crippen LogP contribution is 2.18. The molecule has 0 spiro atoms. The first-order chi connectivity index (χ1) is 9.53. The van der Waals surface area contributed by atoms with Gasteiger partial charge in [-0.1, -0.05) is 19.1 Å². The van der Waals surface area contributed by atoms with Crippen molar-refractivity contribution in [2.75, 3.05) is 17.1 Å². The molecule has 118 valence electrons. The van der Waals surface area contributed by atoms with Gasteiger partial charge in [0.2, 0.25) is 15.9 Å². The summed E-state index contributed by atoms with van der Waals surface area (Å²) in [6, 6.07) is 7.19. The summed E-state index contributed by atoms with van der Waals surface area (Å²) in [5, 5.41) is 2.77. The fraction of sp³-hybridized carbons (Fsp3) is 0.533. The van der Waals surface area contributed by atoms with Crippen LogP contribution in [0.1, 0.15) is 33.3 Å². The van der Waals surface area contributed by atoms with Crippen LogP contribution in [0.4, 0.5) is 5.69 Å². The number of aryl methyl sites for hydroxylation is 1. The molecule has 5 nitrogen and oxygen atoms in total. The van der Waals surface area contributed by atoms with Crippen molar-refractivity contribution in [3.63, 3.8) is 0 Å². The Morgan fingerprint density at radius 3 is 2.10 bits per heavy atom. The highest BCUT2D eigenvalue weighted by Gasteiger charge is 2.23. The number of anilines is 1. The molecule has 0 saturated heterocycles. The quantitative estimate of drug-likeness (QED) is 0.903. The molecular weight excluding hydrogens is 288 g/mol. The average molecular weight is 312 g/mol. The van der Waals surface area contributed by atoms with Gasteiger partial charge in [0.15, 0.2) is 0 Å². The highest BCUT2D eigenvalue weighted by molar-refractivity contribution is 7.92. The minimum absolute atomic E-state index is 0.221. The van der Waals surface area contributed by atoms with E-state index in [4.69, 9.17) is 0 Å². The van der Waals surface area contributed by atoms with E-state index in [1.165, 1.54) is 0 Å². The van der Waals surface area contributed by atoms with Gasteiger partial charge in [-0.3, -0.25) is 9.10 Å². The Labute approximate surface area is 127 Å². The fourth-order valence-corrected chi connectivity index (χ4v) is 2.74. The van der Waals surface area contributed by atoms with Crippen molar-refractivity contribution in [2.45, 2.75) is 39.7 Å². The molecule has 6 heteroatoms. The summed E-state index contributed by atoms with van der Waals surface area (Å²) in [7, 11) is -3.52. The summed E-state index contributed by atoms with van der Waals surface area (Å²) in [6.07, 6.45) is 1.98. The largest absolute Gasteiger partial charge is 0.350 e. The van der Waals surface area contributed by atoms with E-state index >= 15 is 0 Å². The van der Waals surface area contributed by atoms with E-state index in [1.54, 1.807) is 12.1 Å². The third kappa shape index (κ3) is 5.75. The van der Waals surface area contributed by atoms with E-state index in [-0.39, 0.29) is 12.5 Å². The molecule has 0 bridgehead atoms. The zero-order valence-corrected chi connectivity index (χ0v) is 14.1. The van der Waals surface area contributed by atoms with Crippen molar-refractivity contribution in [2.24, 2.45) is 0 Å². The van der Waals surface area contributed by atoms with Gasteiger partial charge in [0.25, 0.3) is 0 Å². The van der Waals surface area contributed by atoms with Crippen molar-refractivity contribution < 1.29 is 13.2 Å². The monoisotopic (exact) mass is 312 g/mol. The molecule has 0 atom stereocenters. The molecule has 0 heterocycles. The second-order valence-corrected chi connectivity index (χ2v) is 7.99. The summed E-state index contributed by atoms with van der Waals surface area (Å²) in [4.78, 5) is 12.0. The van der Waals surface area contributed by atoms with Gasteiger partial charge in [0.05, 0.1) is 11.9 Å². The topological polar surface area (TPSA) is 66.5 Å². The molecule has 0 aliphatic rings. The number of rotatable bonds is 5. The summed E-state index contributed by atoms with van der Waals surface area (Å²) >= 11 is 0. The van der Waals surface area contributed by atoms with E-state index in [1.807, 2.05) is 39.8 Å². The smallest absolute Gasteiger partial charge is 0.241 e. The van der Waals surface area contributed by atoms with Gasteiger partial charge in [0.1, 0.15) is 6.54 Å². The van der Waals surface area contributed by atoms with Crippen molar-refractivity contribution in [3.05, 3.63) is 29.8 Å². The van der Waals surface area contributed by atoms with Gasteiger partial charge in [0, 0.05) is 5.54 Å². The van der Waals surface area contributed by atoms with Crippen molar-refractivity contribution in [1.82, 2.24) is 5.32 Å². The van der Waals surface area contributed by atoms with Crippen LogP contribution in [0.5, 0.6) is 0 Å². The van der Waals surface area contributed by atoms with Crippen LogP contribution < -0.4 is 9.62 Å². The van der Waals surface area contributed by atoms with Gasteiger partial charge in [-0.05, 0) is 44.9 Å². The standard InChI is InChI=1S/C15H24N2O3S/c1-6-12-7-9-13(10-8-12)17(21(5,19)20)11-14(18)16-15(2,3)4/h7-10H,6,11H2,1-5H3,(H,16,18). The second-order valence-electron chi connectivity index (χ2n) is 6.09. The Kier molecular flexibility index (Phi) is 5.39. The predicted molar refractivity (Wildman–Crippen MR) is 85.9 cm³/mol. The van der Waals surface area contributed by atoms with E-state index in [2.05, 4.69) is 5.32 Å². The molecular formula is C15H24N2O3S. The first-order valence-electron chi connectivity index (χ1n) is 6.90. The van der Waals surface area contributed by atoms with Crippen LogP contribution in [0, 0.1) is 0 Å². The number of amides is 1. The Morgan fingerprint density at radius 2 is 1.71 bits per heavy atom. The zero-order chi connectivity index (χ0) is 16.3. The van der Waals surface area contributed by atoms with Crippen LogP contribution in [0.25, 0.3) is 0 Å². The molecule has 0 aromatic heterocycles. The minimum Gasteiger partial charge on any atom is -0.350 e. The van der Waals surface area contributed by atoms with E-state index in [0.29, 0.717) is 5.69 Å². The number of carbonyl (C=O) groups is 1. The molecule has 0 radical (unpaired) electrons. The first kappa shape index (κ1) is 17.5. The van der Waals surface area contributed by atoms with E-state index < -0.39 is 15.6 Å². The van der Waals surface area contributed by atoms with Crippen molar-refractivity contribution in [3.8, 4) is 0 Å². The first-order valence-corrected chi connectivity index (χ1v) is 8.75. The predicted octanol–water partition coefficient (Wildman–Crippen LogP) is 1.93. The molecule has 0 unspecified atom stereocenters. The molecule has 1 rings (SSSR count). The summed E-state index contributed by atoms with van der Waals surface area (Å²) < 4.78 is 25.0. The van der Waals surface area contributed by atoms with Gasteiger partial charge < -0.3 is 5.32 Å². The van der Waals surface area contributed by atoms with Crippen molar-refractivity contribution in [1.29, 1.82) is 0 Å². The van der Waals surface area contributed by atoms with Crippen LogP contribution >= 0.6 is 0 Å². The van der Waals surface area contributed by atoms with Gasteiger partial charge >= 0.3 is 0 Å². The zero-order valence-electron chi connectivity index (χ0n) is 13.3. The Hall–Kier alpha value is -1.56. The number of benzene rings is 1. The third-order valence-corrected chi connectivity index (χ3v) is 3.98.